The van der Waals surface area contributed by atoms with Gasteiger partial charge in [-0.05, 0) is 30.0 Å². The quantitative estimate of drug-likeness (QED) is 0.906. The third-order valence-corrected chi connectivity index (χ3v) is 3.28. The molecule has 2 rings (SSSR count). The summed E-state index contributed by atoms with van der Waals surface area (Å²) in [6.07, 6.45) is 0.305. The van der Waals surface area contributed by atoms with Crippen molar-refractivity contribution in [3.8, 4) is 5.75 Å². The number of benzene rings is 1. The van der Waals surface area contributed by atoms with Crippen molar-refractivity contribution in [3.05, 3.63) is 23.8 Å². The molecule has 0 saturated heterocycles. The van der Waals surface area contributed by atoms with E-state index in [9.17, 15) is 4.79 Å². The molecule has 1 aliphatic rings. The first kappa shape index (κ1) is 13.9. The number of nitrogens with zero attached hydrogens (tertiary/aromatic N) is 1. The predicted molar refractivity (Wildman–Crippen MR) is 76.2 cm³/mol. The average molecular weight is 262 g/mol. The Bertz CT molecular complexity index is 471. The van der Waals surface area contributed by atoms with Crippen LogP contribution in [0.4, 0.5) is 5.69 Å². The van der Waals surface area contributed by atoms with Crippen LogP contribution in [0.1, 0.15) is 32.8 Å². The van der Waals surface area contributed by atoms with Crippen molar-refractivity contribution >= 4 is 11.6 Å². The zero-order valence-corrected chi connectivity index (χ0v) is 11.8. The molecule has 1 atom stereocenters. The van der Waals surface area contributed by atoms with E-state index in [0.29, 0.717) is 25.4 Å². The Morgan fingerprint density at radius 2 is 2.16 bits per heavy atom. The van der Waals surface area contributed by atoms with Crippen molar-refractivity contribution in [1.29, 1.82) is 0 Å². The van der Waals surface area contributed by atoms with Gasteiger partial charge in [-0.1, -0.05) is 26.8 Å². The van der Waals surface area contributed by atoms with Gasteiger partial charge in [0.1, 0.15) is 5.75 Å². The fourth-order valence-corrected chi connectivity index (χ4v) is 2.31. The standard InChI is InChI=1S/C15H22N2O2/c1-4-13-15(18)17(9-10(2)3)12-6-5-11(8-16)7-14(12)19-13/h5-7,10,13H,4,8-9,16H2,1-3H3. The molecule has 0 aromatic heterocycles. The highest BCUT2D eigenvalue weighted by atomic mass is 16.5. The van der Waals surface area contributed by atoms with Crippen LogP contribution in [0, 0.1) is 5.92 Å². The predicted octanol–water partition coefficient (Wildman–Crippen LogP) is 2.31. The molecule has 0 spiro atoms. The lowest BCUT2D eigenvalue weighted by Gasteiger charge is -2.35. The Morgan fingerprint density at radius 1 is 1.42 bits per heavy atom. The molecular weight excluding hydrogens is 240 g/mol. The van der Waals surface area contributed by atoms with Crippen molar-refractivity contribution < 1.29 is 9.53 Å². The summed E-state index contributed by atoms with van der Waals surface area (Å²) in [5.41, 5.74) is 7.54. The van der Waals surface area contributed by atoms with Crippen LogP contribution >= 0.6 is 0 Å². The Kier molecular flexibility index (Phi) is 4.10. The van der Waals surface area contributed by atoms with Gasteiger partial charge in [-0.15, -0.1) is 0 Å². The molecule has 4 heteroatoms. The lowest BCUT2D eigenvalue weighted by molar-refractivity contribution is -0.126. The molecule has 0 aliphatic carbocycles. The molecule has 1 aromatic carbocycles. The Morgan fingerprint density at radius 3 is 2.74 bits per heavy atom. The van der Waals surface area contributed by atoms with Gasteiger partial charge in [-0.25, -0.2) is 0 Å². The monoisotopic (exact) mass is 262 g/mol. The molecule has 2 N–H and O–H groups in total. The maximum Gasteiger partial charge on any atom is 0.268 e. The number of carbonyl (C=O) groups is 1. The van der Waals surface area contributed by atoms with Crippen LogP contribution in [-0.2, 0) is 11.3 Å². The molecular formula is C15H22N2O2. The SMILES string of the molecule is CCC1Oc2cc(CN)ccc2N(CC(C)C)C1=O. The highest BCUT2D eigenvalue weighted by Crippen LogP contribution is 2.36. The van der Waals surface area contributed by atoms with Gasteiger partial charge in [0.05, 0.1) is 5.69 Å². The first-order valence-corrected chi connectivity index (χ1v) is 6.87. The van der Waals surface area contributed by atoms with E-state index >= 15 is 0 Å². The fraction of sp³-hybridized carbons (Fsp3) is 0.533. The van der Waals surface area contributed by atoms with E-state index in [1.54, 1.807) is 0 Å². The second-order valence-electron chi connectivity index (χ2n) is 5.36. The van der Waals surface area contributed by atoms with Crippen LogP contribution in [0.5, 0.6) is 5.75 Å². The van der Waals surface area contributed by atoms with Crippen LogP contribution in [0.25, 0.3) is 0 Å². The van der Waals surface area contributed by atoms with E-state index in [4.69, 9.17) is 10.5 Å². The molecule has 0 radical (unpaired) electrons. The van der Waals surface area contributed by atoms with Crippen molar-refractivity contribution in [1.82, 2.24) is 0 Å². The number of carbonyl (C=O) groups excluding carboxylic acids is 1. The summed E-state index contributed by atoms with van der Waals surface area (Å²) in [5, 5.41) is 0. The molecule has 1 aliphatic heterocycles. The normalized spacial score (nSPS) is 18.5. The number of ether oxygens (including phenoxy) is 1. The molecule has 1 unspecified atom stereocenters. The van der Waals surface area contributed by atoms with Gasteiger partial charge < -0.3 is 15.4 Å². The van der Waals surface area contributed by atoms with Gasteiger partial charge >= 0.3 is 0 Å². The molecule has 19 heavy (non-hydrogen) atoms. The topological polar surface area (TPSA) is 55.6 Å². The second-order valence-corrected chi connectivity index (χ2v) is 5.36. The summed E-state index contributed by atoms with van der Waals surface area (Å²) >= 11 is 0. The Labute approximate surface area is 114 Å². The maximum atomic E-state index is 12.4. The van der Waals surface area contributed by atoms with Gasteiger partial charge in [-0.3, -0.25) is 4.79 Å². The van der Waals surface area contributed by atoms with E-state index in [-0.39, 0.29) is 12.0 Å². The largest absolute Gasteiger partial charge is 0.478 e. The third kappa shape index (κ3) is 2.73. The number of anilines is 1. The minimum atomic E-state index is -0.376. The van der Waals surface area contributed by atoms with Crippen LogP contribution < -0.4 is 15.4 Å². The van der Waals surface area contributed by atoms with Crippen LogP contribution in [0.3, 0.4) is 0 Å². The fourth-order valence-electron chi connectivity index (χ4n) is 2.31. The molecule has 0 fully saturated rings. The zero-order valence-electron chi connectivity index (χ0n) is 11.8. The molecule has 104 valence electrons. The number of hydrogen-bond acceptors (Lipinski definition) is 3. The summed E-state index contributed by atoms with van der Waals surface area (Å²) in [4.78, 5) is 14.2. The highest BCUT2D eigenvalue weighted by molar-refractivity contribution is 6.00. The van der Waals surface area contributed by atoms with Crippen molar-refractivity contribution in [2.75, 3.05) is 11.4 Å². The van der Waals surface area contributed by atoms with Gasteiger partial charge in [0.2, 0.25) is 0 Å². The smallest absolute Gasteiger partial charge is 0.268 e. The summed E-state index contributed by atoms with van der Waals surface area (Å²) in [7, 11) is 0. The minimum Gasteiger partial charge on any atom is -0.478 e. The number of hydrogen-bond donors (Lipinski definition) is 1. The summed E-state index contributed by atoms with van der Waals surface area (Å²) in [5.74, 6) is 1.25. The number of amides is 1. The molecule has 1 amide bonds. The lowest BCUT2D eigenvalue weighted by Crippen LogP contribution is -2.47. The molecule has 1 aromatic rings. The van der Waals surface area contributed by atoms with E-state index in [2.05, 4.69) is 13.8 Å². The van der Waals surface area contributed by atoms with Crippen molar-refractivity contribution in [2.24, 2.45) is 11.7 Å². The van der Waals surface area contributed by atoms with Gasteiger partial charge in [0.15, 0.2) is 6.10 Å². The van der Waals surface area contributed by atoms with Gasteiger partial charge in [0, 0.05) is 13.1 Å². The first-order chi connectivity index (χ1) is 9.06. The van der Waals surface area contributed by atoms with Crippen molar-refractivity contribution in [3.63, 3.8) is 0 Å². The second kappa shape index (κ2) is 5.61. The Balaban J connectivity index is 2.41. The van der Waals surface area contributed by atoms with E-state index < -0.39 is 0 Å². The summed E-state index contributed by atoms with van der Waals surface area (Å²) in [6.45, 7) is 7.38. The first-order valence-electron chi connectivity index (χ1n) is 6.87. The average Bonchev–Trinajstić information content (AvgIpc) is 2.40. The number of nitrogens with two attached hydrogens (primary N) is 1. The number of rotatable bonds is 4. The molecule has 1 heterocycles. The Hall–Kier alpha value is -1.55. The van der Waals surface area contributed by atoms with Crippen LogP contribution in [0.2, 0.25) is 0 Å². The van der Waals surface area contributed by atoms with E-state index in [1.165, 1.54) is 0 Å². The summed E-state index contributed by atoms with van der Waals surface area (Å²) in [6, 6.07) is 5.83. The van der Waals surface area contributed by atoms with Gasteiger partial charge in [-0.2, -0.15) is 0 Å². The highest BCUT2D eigenvalue weighted by Gasteiger charge is 2.33. The van der Waals surface area contributed by atoms with E-state index in [0.717, 1.165) is 17.0 Å². The number of fused-ring (bicyclic) bond motifs is 1. The van der Waals surface area contributed by atoms with Crippen LogP contribution in [-0.4, -0.2) is 18.6 Å². The van der Waals surface area contributed by atoms with Crippen LogP contribution in [0.15, 0.2) is 18.2 Å². The minimum absolute atomic E-state index is 0.0594. The third-order valence-electron chi connectivity index (χ3n) is 3.28. The molecule has 0 bridgehead atoms. The van der Waals surface area contributed by atoms with Crippen molar-refractivity contribution in [2.45, 2.75) is 39.8 Å². The zero-order chi connectivity index (χ0) is 14.0. The van der Waals surface area contributed by atoms with Gasteiger partial charge in [0.25, 0.3) is 5.91 Å². The molecule has 4 nitrogen and oxygen atoms in total. The summed E-state index contributed by atoms with van der Waals surface area (Å²) < 4.78 is 5.80. The lowest BCUT2D eigenvalue weighted by atomic mass is 10.1. The van der Waals surface area contributed by atoms with E-state index in [1.807, 2.05) is 30.0 Å². The molecule has 0 saturated carbocycles. The maximum absolute atomic E-state index is 12.4.